The van der Waals surface area contributed by atoms with Crippen molar-refractivity contribution in [3.8, 4) is 0 Å². The monoisotopic (exact) mass is 122 g/mol. The second kappa shape index (κ2) is 2.05. The van der Waals surface area contributed by atoms with Crippen LogP contribution in [0.3, 0.4) is 0 Å². The largest absolute Gasteiger partial charge is 0.356 e. The molecule has 2 nitrogen and oxygen atoms in total. The molecule has 0 spiro atoms. The van der Waals surface area contributed by atoms with Crippen LogP contribution < -0.4 is 0 Å². The van der Waals surface area contributed by atoms with Gasteiger partial charge in [0.25, 0.3) is 6.29 Å². The molecule has 1 rings (SSSR count). The Morgan fingerprint density at radius 1 is 1.56 bits per heavy atom. The number of H-pyrrole nitrogens is 1. The van der Waals surface area contributed by atoms with Gasteiger partial charge in [-0.3, -0.25) is 4.79 Å². The number of nitrogens with one attached hydrogen (secondary N) is 1. The molecule has 1 aromatic rings. The molecule has 0 fully saturated rings. The fourth-order valence-electron chi connectivity index (χ4n) is 0.716. The molecule has 0 aliphatic carbocycles. The zero-order valence-electron chi connectivity index (χ0n) is 5.49. The van der Waals surface area contributed by atoms with Crippen LogP contribution in [-0.4, -0.2) is 11.3 Å². The van der Waals surface area contributed by atoms with Crippen molar-refractivity contribution < 1.29 is 4.79 Å². The average Bonchev–Trinajstić information content (AvgIpc) is 2.13. The summed E-state index contributed by atoms with van der Waals surface area (Å²) in [5.74, 6) is 0. The Hall–Kier alpha value is -1.05. The summed E-state index contributed by atoms with van der Waals surface area (Å²) in [6.45, 7) is 3.88. The van der Waals surface area contributed by atoms with Crippen LogP contribution in [0.4, 0.5) is 0 Å². The first kappa shape index (κ1) is 6.08. The van der Waals surface area contributed by atoms with Gasteiger partial charge in [0.1, 0.15) is 0 Å². The predicted octanol–water partition coefficient (Wildman–Crippen LogP) is 1.09. The van der Waals surface area contributed by atoms with Crippen LogP contribution in [0.2, 0.25) is 0 Å². The lowest BCUT2D eigenvalue weighted by molar-refractivity contribution is 0.561. The quantitative estimate of drug-likeness (QED) is 0.594. The van der Waals surface area contributed by atoms with Gasteiger partial charge >= 0.3 is 0 Å². The van der Waals surface area contributed by atoms with Crippen LogP contribution >= 0.6 is 0 Å². The summed E-state index contributed by atoms with van der Waals surface area (Å²) in [6.07, 6.45) is 1.78. The molecule has 2 heteroatoms. The summed E-state index contributed by atoms with van der Waals surface area (Å²) in [5, 5.41) is 0. The lowest BCUT2D eigenvalue weighted by atomic mass is 10.3. The molecule has 47 valence electrons. The highest BCUT2D eigenvalue weighted by molar-refractivity contribution is 5.73. The molecule has 0 bridgehead atoms. The van der Waals surface area contributed by atoms with Crippen LogP contribution in [0.25, 0.3) is 0 Å². The maximum absolute atomic E-state index is 10.0. The number of aromatic nitrogens is 1. The molecule has 0 saturated heterocycles. The van der Waals surface area contributed by atoms with Crippen molar-refractivity contribution in [2.24, 2.45) is 0 Å². The minimum atomic E-state index is 0.532. The highest BCUT2D eigenvalue weighted by Crippen LogP contribution is 2.04. The zero-order chi connectivity index (χ0) is 6.85. The number of hydrogen-bond donors (Lipinski definition) is 1. The minimum absolute atomic E-state index is 0.532. The van der Waals surface area contributed by atoms with Gasteiger partial charge in [-0.25, -0.2) is 0 Å². The van der Waals surface area contributed by atoms with E-state index in [1.54, 1.807) is 12.4 Å². The molecular formula is C7H8NO. The van der Waals surface area contributed by atoms with Crippen molar-refractivity contribution in [2.45, 2.75) is 13.8 Å². The van der Waals surface area contributed by atoms with E-state index in [2.05, 4.69) is 4.98 Å². The Morgan fingerprint density at radius 2 is 2.22 bits per heavy atom. The summed E-state index contributed by atoms with van der Waals surface area (Å²) in [6, 6.07) is 1.78. The maximum Gasteiger partial charge on any atom is 0.251 e. The van der Waals surface area contributed by atoms with Crippen molar-refractivity contribution in [1.82, 2.24) is 4.98 Å². The molecule has 0 unspecified atom stereocenters. The fraction of sp³-hybridized carbons (Fsp3) is 0.286. The van der Waals surface area contributed by atoms with E-state index in [-0.39, 0.29) is 0 Å². The first-order valence-corrected chi connectivity index (χ1v) is 2.78. The molecule has 0 aliphatic rings. The SMILES string of the molecule is Cc1cc([C]=O)[nH]c1C. The van der Waals surface area contributed by atoms with E-state index in [0.29, 0.717) is 5.69 Å². The molecule has 1 aromatic heterocycles. The summed E-state index contributed by atoms with van der Waals surface area (Å²) in [4.78, 5) is 12.9. The molecule has 1 N–H and O–H groups in total. The standard InChI is InChI=1S/C7H8NO/c1-5-3-7(4-9)8-6(5)2/h3,8H,1-2H3. The molecule has 1 heterocycles. The Balaban J connectivity index is 3.11. The van der Waals surface area contributed by atoms with Crippen molar-refractivity contribution in [3.63, 3.8) is 0 Å². The first-order valence-electron chi connectivity index (χ1n) is 2.78. The third-order valence-corrected chi connectivity index (χ3v) is 1.38. The van der Waals surface area contributed by atoms with Crippen LogP contribution in [-0.2, 0) is 4.79 Å². The van der Waals surface area contributed by atoms with E-state index in [1.165, 1.54) is 0 Å². The van der Waals surface area contributed by atoms with Gasteiger partial charge in [0, 0.05) is 5.69 Å². The predicted molar refractivity (Wildman–Crippen MR) is 35.1 cm³/mol. The van der Waals surface area contributed by atoms with E-state index in [1.807, 2.05) is 13.8 Å². The van der Waals surface area contributed by atoms with E-state index in [9.17, 15) is 4.79 Å². The fourth-order valence-corrected chi connectivity index (χ4v) is 0.716. The van der Waals surface area contributed by atoms with Gasteiger partial charge < -0.3 is 4.98 Å². The molecule has 0 aromatic carbocycles. The van der Waals surface area contributed by atoms with Gasteiger partial charge in [-0.2, -0.15) is 0 Å². The zero-order valence-corrected chi connectivity index (χ0v) is 5.49. The maximum atomic E-state index is 10.0. The topological polar surface area (TPSA) is 32.9 Å². The highest BCUT2D eigenvalue weighted by Gasteiger charge is 1.97. The summed E-state index contributed by atoms with van der Waals surface area (Å²) in [5.41, 5.74) is 2.67. The number of hydrogen-bond acceptors (Lipinski definition) is 1. The van der Waals surface area contributed by atoms with Crippen molar-refractivity contribution >= 4 is 6.29 Å². The van der Waals surface area contributed by atoms with Crippen LogP contribution in [0.5, 0.6) is 0 Å². The first-order chi connectivity index (χ1) is 4.24. The van der Waals surface area contributed by atoms with Gasteiger partial charge in [-0.15, -0.1) is 0 Å². The molecule has 0 amide bonds. The average molecular weight is 122 g/mol. The van der Waals surface area contributed by atoms with Gasteiger partial charge in [0.05, 0.1) is 5.69 Å². The van der Waals surface area contributed by atoms with Crippen LogP contribution in [0.1, 0.15) is 17.0 Å². The molecule has 0 saturated carbocycles. The normalized spacial score (nSPS) is 9.56. The lowest BCUT2D eigenvalue weighted by Crippen LogP contribution is -1.77. The molecule has 0 aliphatic heterocycles. The van der Waals surface area contributed by atoms with Gasteiger partial charge in [0.15, 0.2) is 0 Å². The second-order valence-electron chi connectivity index (χ2n) is 2.09. The van der Waals surface area contributed by atoms with Crippen molar-refractivity contribution in [2.75, 3.05) is 0 Å². The Labute approximate surface area is 53.9 Å². The van der Waals surface area contributed by atoms with E-state index < -0.39 is 0 Å². The number of aryl methyl sites for hydroxylation is 2. The number of rotatable bonds is 1. The highest BCUT2D eigenvalue weighted by atomic mass is 16.1. The van der Waals surface area contributed by atoms with Crippen molar-refractivity contribution in [3.05, 3.63) is 23.0 Å². The van der Waals surface area contributed by atoms with E-state index in [4.69, 9.17) is 0 Å². The number of carbonyl (C=O) groups excluding carboxylic acids is 1. The molecular weight excluding hydrogens is 114 g/mol. The lowest BCUT2D eigenvalue weighted by Gasteiger charge is -1.81. The van der Waals surface area contributed by atoms with Crippen LogP contribution in [0.15, 0.2) is 6.07 Å². The molecule has 1 radical (unpaired) electrons. The number of aromatic amines is 1. The summed E-state index contributed by atoms with van der Waals surface area (Å²) in [7, 11) is 0. The second-order valence-corrected chi connectivity index (χ2v) is 2.09. The van der Waals surface area contributed by atoms with Crippen molar-refractivity contribution in [1.29, 1.82) is 0 Å². The Morgan fingerprint density at radius 3 is 2.44 bits per heavy atom. The van der Waals surface area contributed by atoms with E-state index >= 15 is 0 Å². The van der Waals surface area contributed by atoms with E-state index in [0.717, 1.165) is 11.3 Å². The summed E-state index contributed by atoms with van der Waals surface area (Å²) < 4.78 is 0. The van der Waals surface area contributed by atoms with Gasteiger partial charge in [-0.1, -0.05) is 0 Å². The van der Waals surface area contributed by atoms with Gasteiger partial charge in [0.2, 0.25) is 0 Å². The van der Waals surface area contributed by atoms with Gasteiger partial charge in [-0.05, 0) is 25.5 Å². The smallest absolute Gasteiger partial charge is 0.251 e. The molecule has 0 atom stereocenters. The third-order valence-electron chi connectivity index (χ3n) is 1.38. The third kappa shape index (κ3) is 1.02. The molecule has 9 heavy (non-hydrogen) atoms. The minimum Gasteiger partial charge on any atom is -0.356 e. The Bertz CT molecular complexity index is 205. The Kier molecular flexibility index (Phi) is 1.39. The summed E-state index contributed by atoms with van der Waals surface area (Å²) >= 11 is 0. The van der Waals surface area contributed by atoms with Crippen LogP contribution in [0, 0.1) is 13.8 Å².